The van der Waals surface area contributed by atoms with Crippen molar-refractivity contribution in [3.8, 4) is 0 Å². The van der Waals surface area contributed by atoms with Crippen LogP contribution in [0.3, 0.4) is 0 Å². The van der Waals surface area contributed by atoms with E-state index in [0.717, 1.165) is 24.8 Å². The lowest BCUT2D eigenvalue weighted by Gasteiger charge is -2.45. The van der Waals surface area contributed by atoms with Gasteiger partial charge in [0.25, 0.3) is 8.32 Å². The molecule has 0 heterocycles. The molecular formula is C35H46O4Si. The first-order valence-electron chi connectivity index (χ1n) is 14.6. The summed E-state index contributed by atoms with van der Waals surface area (Å²) in [5.74, 6) is -0.758. The van der Waals surface area contributed by atoms with E-state index in [9.17, 15) is 4.79 Å². The lowest BCUT2D eigenvalue weighted by molar-refractivity contribution is -0.137. The normalized spacial score (nSPS) is 13.8. The second kappa shape index (κ2) is 15.7. The van der Waals surface area contributed by atoms with Crippen molar-refractivity contribution in [1.29, 1.82) is 0 Å². The Bertz CT molecular complexity index is 1120. The van der Waals surface area contributed by atoms with Crippen molar-refractivity contribution >= 4 is 24.7 Å². The van der Waals surface area contributed by atoms with Crippen LogP contribution in [-0.4, -0.2) is 31.6 Å². The third-order valence-electron chi connectivity index (χ3n) is 7.29. The Hall–Kier alpha value is -2.99. The van der Waals surface area contributed by atoms with Gasteiger partial charge in [-0.1, -0.05) is 137 Å². The summed E-state index contributed by atoms with van der Waals surface area (Å²) in [6.07, 6.45) is 8.32. The van der Waals surface area contributed by atoms with Crippen LogP contribution in [0.1, 0.15) is 71.8 Å². The van der Waals surface area contributed by atoms with E-state index in [2.05, 4.69) is 113 Å². The van der Waals surface area contributed by atoms with Gasteiger partial charge < -0.3 is 14.3 Å². The summed E-state index contributed by atoms with van der Waals surface area (Å²) in [7, 11) is -2.78. The van der Waals surface area contributed by atoms with Gasteiger partial charge in [-0.05, 0) is 40.2 Å². The first-order valence-corrected chi connectivity index (χ1v) is 16.5. The van der Waals surface area contributed by atoms with E-state index < -0.39 is 14.3 Å². The molecule has 0 saturated heterocycles. The molecule has 0 aromatic heterocycles. The second-order valence-corrected chi connectivity index (χ2v) is 15.7. The zero-order valence-corrected chi connectivity index (χ0v) is 25.6. The molecule has 3 rings (SSSR count). The molecule has 5 heteroatoms. The number of carbonyl (C=O) groups is 1. The van der Waals surface area contributed by atoms with Gasteiger partial charge in [0.15, 0.2) is 0 Å². The Morgan fingerprint density at radius 1 is 0.900 bits per heavy atom. The molecule has 0 aliphatic rings. The average Bonchev–Trinajstić information content (AvgIpc) is 2.95. The molecule has 0 saturated carbocycles. The van der Waals surface area contributed by atoms with Crippen molar-refractivity contribution in [1.82, 2.24) is 0 Å². The first-order chi connectivity index (χ1) is 19.3. The number of aliphatic carboxylic acids is 1. The number of carboxylic acids is 1. The third-order valence-corrected chi connectivity index (χ3v) is 12.4. The number of rotatable bonds is 16. The number of unbranched alkanes of at least 4 members (excludes halogenated alkanes) is 1. The van der Waals surface area contributed by atoms with Crippen LogP contribution < -0.4 is 10.4 Å². The highest BCUT2D eigenvalue weighted by atomic mass is 28.4. The standard InChI is InChI=1S/C35H46O4Si/c1-5-18-30(38-28-29-19-10-6-11-20-29)27-31(21-12-7-17-26-34(36)37)39-40(35(2,3)4,32-22-13-8-14-23-32)33-24-15-9-16-25-33/h6,8-16,19-25,30-31H,5,7,17-18,26-28H2,1-4H3,(H,36,37)/b21-12+/t30-,31+/m1/s1. The summed E-state index contributed by atoms with van der Waals surface area (Å²) in [6.45, 7) is 9.64. The van der Waals surface area contributed by atoms with Gasteiger partial charge in [0.05, 0.1) is 18.8 Å². The fourth-order valence-electron chi connectivity index (χ4n) is 5.34. The molecule has 1 N–H and O–H groups in total. The number of carboxylic acid groups (broad SMARTS) is 1. The van der Waals surface area contributed by atoms with Crippen LogP contribution in [-0.2, 0) is 20.6 Å². The van der Waals surface area contributed by atoms with Crippen molar-refractivity contribution in [2.45, 2.75) is 90.1 Å². The van der Waals surface area contributed by atoms with Gasteiger partial charge in [0, 0.05) is 12.8 Å². The monoisotopic (exact) mass is 558 g/mol. The minimum atomic E-state index is -2.78. The molecule has 0 aliphatic carbocycles. The van der Waals surface area contributed by atoms with Crippen molar-refractivity contribution in [2.24, 2.45) is 0 Å². The van der Waals surface area contributed by atoms with Crippen LogP contribution in [0, 0.1) is 0 Å². The molecule has 4 nitrogen and oxygen atoms in total. The highest BCUT2D eigenvalue weighted by Crippen LogP contribution is 2.38. The summed E-state index contributed by atoms with van der Waals surface area (Å²) in [4.78, 5) is 11.1. The summed E-state index contributed by atoms with van der Waals surface area (Å²) in [5, 5.41) is 11.4. The van der Waals surface area contributed by atoms with E-state index in [1.165, 1.54) is 10.4 Å². The topological polar surface area (TPSA) is 55.8 Å². The SMILES string of the molecule is CCC[C@H](C[C@H](/C=C/CCCC(=O)O)O[Si](c1ccccc1)(c1ccccc1)C(C)(C)C)OCc1ccccc1. The minimum Gasteiger partial charge on any atom is -0.481 e. The van der Waals surface area contributed by atoms with Crippen molar-refractivity contribution in [3.05, 3.63) is 109 Å². The maximum absolute atomic E-state index is 11.1. The molecule has 40 heavy (non-hydrogen) atoms. The minimum absolute atomic E-state index is 0.0390. The van der Waals surface area contributed by atoms with E-state index in [0.29, 0.717) is 19.4 Å². The van der Waals surface area contributed by atoms with Gasteiger partial charge in [-0.15, -0.1) is 0 Å². The van der Waals surface area contributed by atoms with Gasteiger partial charge >= 0.3 is 5.97 Å². The molecule has 0 spiro atoms. The van der Waals surface area contributed by atoms with Crippen LogP contribution in [0.4, 0.5) is 0 Å². The highest BCUT2D eigenvalue weighted by Gasteiger charge is 2.51. The predicted molar refractivity (Wildman–Crippen MR) is 168 cm³/mol. The lowest BCUT2D eigenvalue weighted by Crippen LogP contribution is -2.67. The second-order valence-electron chi connectivity index (χ2n) is 11.5. The summed E-state index contributed by atoms with van der Waals surface area (Å²) in [5.41, 5.74) is 1.16. The van der Waals surface area contributed by atoms with Crippen LogP contribution in [0.25, 0.3) is 0 Å². The Morgan fingerprint density at radius 3 is 1.95 bits per heavy atom. The number of benzene rings is 3. The molecule has 214 valence electrons. The smallest absolute Gasteiger partial charge is 0.303 e. The number of hydrogen-bond acceptors (Lipinski definition) is 3. The lowest BCUT2D eigenvalue weighted by atomic mass is 10.1. The third kappa shape index (κ3) is 9.02. The molecule has 0 unspecified atom stereocenters. The van der Waals surface area contributed by atoms with Crippen molar-refractivity contribution < 1.29 is 19.1 Å². The molecule has 2 atom stereocenters. The molecule has 3 aromatic rings. The average molecular weight is 559 g/mol. The number of hydrogen-bond donors (Lipinski definition) is 1. The quantitative estimate of drug-likeness (QED) is 0.112. The zero-order chi connectivity index (χ0) is 28.8. The van der Waals surface area contributed by atoms with E-state index >= 15 is 0 Å². The maximum atomic E-state index is 11.1. The van der Waals surface area contributed by atoms with Crippen LogP contribution >= 0.6 is 0 Å². The van der Waals surface area contributed by atoms with Gasteiger partial charge in [-0.25, -0.2) is 0 Å². The Labute approximate surface area is 242 Å². The van der Waals surface area contributed by atoms with Crippen LogP contribution in [0.5, 0.6) is 0 Å². The first kappa shape index (κ1) is 31.5. The molecule has 0 radical (unpaired) electrons. The molecule has 0 amide bonds. The highest BCUT2D eigenvalue weighted by molar-refractivity contribution is 6.99. The van der Waals surface area contributed by atoms with Gasteiger partial charge in [-0.3, -0.25) is 4.79 Å². The molecule has 0 fully saturated rings. The summed E-state index contributed by atoms with van der Waals surface area (Å²) >= 11 is 0. The molecular weight excluding hydrogens is 512 g/mol. The van der Waals surface area contributed by atoms with Gasteiger partial charge in [0.2, 0.25) is 0 Å². The van der Waals surface area contributed by atoms with Crippen molar-refractivity contribution in [3.63, 3.8) is 0 Å². The fourth-order valence-corrected chi connectivity index (χ4v) is 9.99. The Kier molecular flexibility index (Phi) is 12.4. The predicted octanol–water partition coefficient (Wildman–Crippen LogP) is 7.52. The van der Waals surface area contributed by atoms with E-state index in [1.807, 2.05) is 18.2 Å². The molecule has 3 aromatic carbocycles. The largest absolute Gasteiger partial charge is 0.481 e. The van der Waals surface area contributed by atoms with Crippen LogP contribution in [0.2, 0.25) is 5.04 Å². The van der Waals surface area contributed by atoms with Gasteiger partial charge in [-0.2, -0.15) is 0 Å². The Morgan fingerprint density at radius 2 is 1.45 bits per heavy atom. The number of allylic oxidation sites excluding steroid dienone is 1. The van der Waals surface area contributed by atoms with Crippen molar-refractivity contribution in [2.75, 3.05) is 0 Å². The van der Waals surface area contributed by atoms with E-state index in [4.69, 9.17) is 14.3 Å². The summed E-state index contributed by atoms with van der Waals surface area (Å²) < 4.78 is 14.0. The maximum Gasteiger partial charge on any atom is 0.303 e. The Balaban J connectivity index is 1.98. The fraction of sp³-hybridized carbons (Fsp3) is 0.400. The summed E-state index contributed by atoms with van der Waals surface area (Å²) in [6, 6.07) is 31.7. The zero-order valence-electron chi connectivity index (χ0n) is 24.6. The van der Waals surface area contributed by atoms with E-state index in [1.54, 1.807) is 0 Å². The van der Waals surface area contributed by atoms with Crippen LogP contribution in [0.15, 0.2) is 103 Å². The number of ether oxygens (including phenoxy) is 1. The molecule has 0 aliphatic heterocycles. The van der Waals surface area contributed by atoms with E-state index in [-0.39, 0.29) is 23.7 Å². The molecule has 0 bridgehead atoms. The van der Waals surface area contributed by atoms with Gasteiger partial charge in [0.1, 0.15) is 0 Å².